The van der Waals surface area contributed by atoms with Gasteiger partial charge in [-0.25, -0.2) is 12.8 Å². The van der Waals surface area contributed by atoms with E-state index in [0.717, 1.165) is 6.42 Å². The lowest BCUT2D eigenvalue weighted by Gasteiger charge is -2.36. The zero-order chi connectivity index (χ0) is 10.1. The van der Waals surface area contributed by atoms with Crippen LogP contribution >= 0.6 is 0 Å². The van der Waals surface area contributed by atoms with Crippen molar-refractivity contribution < 1.29 is 12.8 Å². The van der Waals surface area contributed by atoms with Crippen LogP contribution in [0.5, 0.6) is 0 Å². The lowest BCUT2D eigenvalue weighted by atomic mass is 9.84. The molecule has 0 radical (unpaired) electrons. The molecule has 0 aromatic heterocycles. The molecular weight excluding hydrogens is 191 g/mol. The summed E-state index contributed by atoms with van der Waals surface area (Å²) in [6, 6.07) is 0. The minimum atomic E-state index is -3.12. The molecule has 1 rings (SSSR count). The molecule has 1 heterocycles. The third kappa shape index (κ3) is 2.22. The molecule has 0 amide bonds. The van der Waals surface area contributed by atoms with Gasteiger partial charge < -0.3 is 0 Å². The van der Waals surface area contributed by atoms with E-state index < -0.39 is 15.5 Å². The molecule has 0 aromatic rings. The van der Waals surface area contributed by atoms with Crippen LogP contribution in [0.2, 0.25) is 0 Å². The van der Waals surface area contributed by atoms with Gasteiger partial charge in [-0.1, -0.05) is 20.3 Å². The molecule has 2 atom stereocenters. The van der Waals surface area contributed by atoms with Crippen LogP contribution in [-0.4, -0.2) is 25.6 Å². The monoisotopic (exact) mass is 208 g/mol. The Labute approximate surface area is 79.4 Å². The van der Waals surface area contributed by atoms with E-state index in [1.807, 2.05) is 6.92 Å². The van der Waals surface area contributed by atoms with Crippen LogP contribution in [-0.2, 0) is 9.84 Å². The summed E-state index contributed by atoms with van der Waals surface area (Å²) in [6.45, 7) is 3.65. The van der Waals surface area contributed by atoms with Crippen molar-refractivity contribution in [3.63, 3.8) is 0 Å². The van der Waals surface area contributed by atoms with Crippen molar-refractivity contribution >= 4 is 9.84 Å². The van der Waals surface area contributed by atoms with Gasteiger partial charge in [0.15, 0.2) is 9.84 Å². The Bertz CT molecular complexity index is 273. The standard InChI is InChI=1S/C9H17FO2S/c1-3-8-5-6-13(11,12)7-9(8,10)4-2/h8H,3-7H2,1-2H3. The highest BCUT2D eigenvalue weighted by Crippen LogP contribution is 2.37. The van der Waals surface area contributed by atoms with Gasteiger partial charge >= 0.3 is 0 Å². The number of sulfone groups is 1. The second kappa shape index (κ2) is 3.56. The van der Waals surface area contributed by atoms with Gasteiger partial charge in [-0.2, -0.15) is 0 Å². The molecular formula is C9H17FO2S. The van der Waals surface area contributed by atoms with Gasteiger partial charge in [-0.15, -0.1) is 0 Å². The summed E-state index contributed by atoms with van der Waals surface area (Å²) >= 11 is 0. The molecule has 1 fully saturated rings. The third-order valence-corrected chi connectivity index (χ3v) is 4.83. The molecule has 4 heteroatoms. The van der Waals surface area contributed by atoms with Crippen LogP contribution in [0.15, 0.2) is 0 Å². The minimum absolute atomic E-state index is 0.0685. The van der Waals surface area contributed by atoms with Gasteiger partial charge in [0.1, 0.15) is 5.67 Å². The Morgan fingerprint density at radius 3 is 2.54 bits per heavy atom. The first-order valence-electron chi connectivity index (χ1n) is 4.83. The zero-order valence-corrected chi connectivity index (χ0v) is 9.03. The highest BCUT2D eigenvalue weighted by molar-refractivity contribution is 7.91. The van der Waals surface area contributed by atoms with E-state index in [1.165, 1.54) is 0 Å². The molecule has 0 saturated carbocycles. The number of hydrogen-bond donors (Lipinski definition) is 0. The highest BCUT2D eigenvalue weighted by atomic mass is 32.2. The first-order valence-corrected chi connectivity index (χ1v) is 6.65. The SMILES string of the molecule is CCC1CCS(=O)(=O)CC1(F)CC. The molecule has 0 aromatic carbocycles. The second-order valence-corrected chi connectivity index (χ2v) is 6.06. The maximum atomic E-state index is 14.1. The fourth-order valence-electron chi connectivity index (χ4n) is 2.10. The molecule has 0 spiro atoms. The van der Waals surface area contributed by atoms with Crippen LogP contribution in [0.1, 0.15) is 33.1 Å². The van der Waals surface area contributed by atoms with Crippen molar-refractivity contribution in [2.45, 2.75) is 38.8 Å². The Morgan fingerprint density at radius 1 is 1.46 bits per heavy atom. The lowest BCUT2D eigenvalue weighted by Crippen LogP contribution is -2.45. The molecule has 1 saturated heterocycles. The molecule has 13 heavy (non-hydrogen) atoms. The molecule has 2 nitrogen and oxygen atoms in total. The van der Waals surface area contributed by atoms with E-state index in [1.54, 1.807) is 6.92 Å². The number of alkyl halides is 1. The normalized spacial score (nSPS) is 38.8. The predicted molar refractivity (Wildman–Crippen MR) is 51.2 cm³/mol. The molecule has 78 valence electrons. The van der Waals surface area contributed by atoms with Crippen LogP contribution in [0, 0.1) is 5.92 Å². The first-order chi connectivity index (χ1) is 5.93. The van der Waals surface area contributed by atoms with Gasteiger partial charge in [0.05, 0.1) is 11.5 Å². The van der Waals surface area contributed by atoms with Gasteiger partial charge in [0, 0.05) is 0 Å². The maximum absolute atomic E-state index is 14.1. The van der Waals surface area contributed by atoms with Crippen LogP contribution < -0.4 is 0 Å². The summed E-state index contributed by atoms with van der Waals surface area (Å²) in [4.78, 5) is 0. The van der Waals surface area contributed by atoms with E-state index in [2.05, 4.69) is 0 Å². The van der Waals surface area contributed by atoms with Gasteiger partial charge in [-0.3, -0.25) is 0 Å². The number of hydrogen-bond acceptors (Lipinski definition) is 2. The fraction of sp³-hybridized carbons (Fsp3) is 1.00. The lowest BCUT2D eigenvalue weighted by molar-refractivity contribution is 0.0886. The van der Waals surface area contributed by atoms with E-state index >= 15 is 0 Å². The summed E-state index contributed by atoms with van der Waals surface area (Å²) in [5.74, 6) is -0.173. The summed E-state index contributed by atoms with van der Waals surface area (Å²) < 4.78 is 36.6. The Morgan fingerprint density at radius 2 is 2.08 bits per heavy atom. The average Bonchev–Trinajstić information content (AvgIpc) is 2.03. The molecule has 0 N–H and O–H groups in total. The zero-order valence-electron chi connectivity index (χ0n) is 8.22. The van der Waals surface area contributed by atoms with Crippen molar-refractivity contribution in [2.24, 2.45) is 5.92 Å². The maximum Gasteiger partial charge on any atom is 0.153 e. The molecule has 0 aliphatic carbocycles. The number of halogens is 1. The van der Waals surface area contributed by atoms with Crippen LogP contribution in [0.25, 0.3) is 0 Å². The van der Waals surface area contributed by atoms with Crippen molar-refractivity contribution in [1.82, 2.24) is 0 Å². The van der Waals surface area contributed by atoms with Crippen molar-refractivity contribution in [2.75, 3.05) is 11.5 Å². The average molecular weight is 208 g/mol. The molecule has 1 aliphatic heterocycles. The topological polar surface area (TPSA) is 34.1 Å². The Hall–Kier alpha value is -0.120. The largest absolute Gasteiger partial charge is 0.242 e. The third-order valence-electron chi connectivity index (χ3n) is 3.05. The van der Waals surface area contributed by atoms with E-state index in [-0.39, 0.29) is 17.4 Å². The summed E-state index contributed by atoms with van der Waals surface area (Å²) in [6.07, 6.45) is 1.54. The number of rotatable bonds is 2. The van der Waals surface area contributed by atoms with Gasteiger partial charge in [-0.05, 0) is 18.8 Å². The summed E-state index contributed by atoms with van der Waals surface area (Å²) in [5.41, 5.74) is -1.47. The van der Waals surface area contributed by atoms with Crippen molar-refractivity contribution in [1.29, 1.82) is 0 Å². The second-order valence-electron chi connectivity index (χ2n) is 3.87. The highest BCUT2D eigenvalue weighted by Gasteiger charge is 2.44. The quantitative estimate of drug-likeness (QED) is 0.695. The van der Waals surface area contributed by atoms with Crippen LogP contribution in [0.4, 0.5) is 4.39 Å². The fourth-order valence-corrected chi connectivity index (χ4v) is 4.06. The Balaban J connectivity index is 2.87. The predicted octanol–water partition coefficient (Wildman–Crippen LogP) is 1.95. The molecule has 2 unspecified atom stereocenters. The smallest absolute Gasteiger partial charge is 0.153 e. The van der Waals surface area contributed by atoms with E-state index in [4.69, 9.17) is 0 Å². The van der Waals surface area contributed by atoms with E-state index in [0.29, 0.717) is 12.8 Å². The minimum Gasteiger partial charge on any atom is -0.242 e. The van der Waals surface area contributed by atoms with Gasteiger partial charge in [0.25, 0.3) is 0 Å². The molecule has 1 aliphatic rings. The summed E-state index contributed by atoms with van der Waals surface area (Å²) in [5, 5.41) is 0. The van der Waals surface area contributed by atoms with Crippen molar-refractivity contribution in [3.05, 3.63) is 0 Å². The van der Waals surface area contributed by atoms with Gasteiger partial charge in [0.2, 0.25) is 0 Å². The molecule has 0 bridgehead atoms. The summed E-state index contributed by atoms with van der Waals surface area (Å²) in [7, 11) is -3.12. The van der Waals surface area contributed by atoms with Crippen LogP contribution in [0.3, 0.4) is 0 Å². The Kier molecular flexibility index (Phi) is 3.00. The van der Waals surface area contributed by atoms with E-state index in [9.17, 15) is 12.8 Å². The first kappa shape index (κ1) is 11.0. The van der Waals surface area contributed by atoms with Crippen molar-refractivity contribution in [3.8, 4) is 0 Å².